The highest BCUT2D eigenvalue weighted by Gasteiger charge is 2.20. The van der Waals surface area contributed by atoms with Crippen molar-refractivity contribution in [3.05, 3.63) is 65.3 Å². The van der Waals surface area contributed by atoms with Crippen LogP contribution in [0.3, 0.4) is 0 Å². The number of aliphatic hydroxyl groups is 1. The van der Waals surface area contributed by atoms with Crippen LogP contribution >= 0.6 is 11.6 Å². The lowest BCUT2D eigenvalue weighted by Crippen LogP contribution is -2.24. The molecule has 0 bridgehead atoms. The number of aromatic nitrogens is 2. The maximum Gasteiger partial charge on any atom is 0.120 e. The zero-order valence-corrected chi connectivity index (χ0v) is 14.5. The molecule has 1 aliphatic carbocycles. The van der Waals surface area contributed by atoms with Crippen molar-refractivity contribution in [2.75, 3.05) is 0 Å². The average Bonchev–Trinajstić information content (AvgIpc) is 3.03. The minimum atomic E-state index is -0.122. The van der Waals surface area contributed by atoms with Gasteiger partial charge in [0.05, 0.1) is 34.8 Å². The molecule has 0 atom stereocenters. The summed E-state index contributed by atoms with van der Waals surface area (Å²) >= 11 is 6.35. The summed E-state index contributed by atoms with van der Waals surface area (Å²) in [6.07, 6.45) is 3.81. The number of halogens is 1. The van der Waals surface area contributed by atoms with E-state index >= 15 is 0 Å². The van der Waals surface area contributed by atoms with Crippen LogP contribution < -0.4 is 4.74 Å². The topological polar surface area (TPSA) is 47.3 Å². The Bertz CT molecular complexity index is 887. The summed E-state index contributed by atoms with van der Waals surface area (Å²) < 4.78 is 7.78. The summed E-state index contributed by atoms with van der Waals surface area (Å²) in [4.78, 5) is 0. The molecule has 0 radical (unpaired) electrons. The van der Waals surface area contributed by atoms with Crippen molar-refractivity contribution in [3.63, 3.8) is 0 Å². The Balaban J connectivity index is 1.76. The van der Waals surface area contributed by atoms with Gasteiger partial charge in [-0.1, -0.05) is 35.9 Å². The molecule has 1 N–H and O–H groups in total. The predicted molar refractivity (Wildman–Crippen MR) is 98.2 cm³/mol. The molecule has 0 spiro atoms. The highest BCUT2D eigenvalue weighted by molar-refractivity contribution is 6.32. The molecular weight excluding hydrogens is 336 g/mol. The van der Waals surface area contributed by atoms with Gasteiger partial charge in [0, 0.05) is 5.56 Å². The maximum atomic E-state index is 9.52. The molecular formula is C20H19ClN2O2. The van der Waals surface area contributed by atoms with Gasteiger partial charge in [-0.15, -0.1) is 0 Å². The Morgan fingerprint density at radius 2 is 1.96 bits per heavy atom. The van der Waals surface area contributed by atoms with Crippen LogP contribution in [0.1, 0.15) is 25.0 Å². The molecule has 0 amide bonds. The molecule has 0 aliphatic heterocycles. The first-order chi connectivity index (χ1) is 12.2. The second kappa shape index (κ2) is 6.90. The van der Waals surface area contributed by atoms with Gasteiger partial charge in [0.25, 0.3) is 0 Å². The third-order valence-corrected chi connectivity index (χ3v) is 4.81. The summed E-state index contributed by atoms with van der Waals surface area (Å²) in [6.45, 7) is -0.122. The summed E-state index contributed by atoms with van der Waals surface area (Å²) in [7, 11) is 0. The molecule has 1 heterocycles. The first-order valence-corrected chi connectivity index (χ1v) is 8.84. The van der Waals surface area contributed by atoms with Gasteiger partial charge in [-0.2, -0.15) is 5.10 Å². The van der Waals surface area contributed by atoms with Gasteiger partial charge in [0.15, 0.2) is 0 Å². The van der Waals surface area contributed by atoms with Gasteiger partial charge in [0.1, 0.15) is 5.75 Å². The predicted octanol–water partition coefficient (Wildman–Crippen LogP) is 4.62. The van der Waals surface area contributed by atoms with E-state index < -0.39 is 0 Å². The van der Waals surface area contributed by atoms with Gasteiger partial charge in [-0.3, -0.25) is 0 Å². The number of aliphatic hydroxyl groups excluding tert-OH is 1. The zero-order chi connectivity index (χ0) is 17.2. The van der Waals surface area contributed by atoms with Crippen molar-refractivity contribution in [2.45, 2.75) is 32.0 Å². The van der Waals surface area contributed by atoms with Crippen LogP contribution in [0.15, 0.2) is 54.6 Å². The number of hydrogen-bond donors (Lipinski definition) is 1. The highest BCUT2D eigenvalue weighted by atomic mass is 35.5. The molecule has 4 nitrogen and oxygen atoms in total. The highest BCUT2D eigenvalue weighted by Crippen LogP contribution is 2.31. The van der Waals surface area contributed by atoms with Crippen molar-refractivity contribution in [3.8, 4) is 22.7 Å². The first-order valence-electron chi connectivity index (χ1n) is 8.46. The van der Waals surface area contributed by atoms with E-state index in [2.05, 4.69) is 5.10 Å². The van der Waals surface area contributed by atoms with Gasteiger partial charge in [-0.25, -0.2) is 4.68 Å². The number of rotatable bonds is 5. The van der Waals surface area contributed by atoms with Crippen LogP contribution in [0.4, 0.5) is 0 Å². The number of ether oxygens (including phenoxy) is 1. The zero-order valence-electron chi connectivity index (χ0n) is 13.7. The van der Waals surface area contributed by atoms with Gasteiger partial charge >= 0.3 is 0 Å². The van der Waals surface area contributed by atoms with Crippen molar-refractivity contribution >= 4 is 11.6 Å². The van der Waals surface area contributed by atoms with E-state index in [1.54, 1.807) is 4.68 Å². The van der Waals surface area contributed by atoms with Crippen molar-refractivity contribution in [1.29, 1.82) is 0 Å². The third kappa shape index (κ3) is 3.28. The molecule has 2 aromatic carbocycles. The molecule has 1 aromatic heterocycles. The van der Waals surface area contributed by atoms with Crippen molar-refractivity contribution in [2.24, 2.45) is 0 Å². The minimum absolute atomic E-state index is 0.122. The standard InChI is InChI=1S/C20H19ClN2O2/c21-18-9-1-2-10-19(18)23-20(12-15(13-24)22-23)14-5-3-8-17(11-14)25-16-6-4-7-16/h1-3,5,8-12,16,24H,4,6-7,13H2. The fourth-order valence-corrected chi connectivity index (χ4v) is 3.15. The molecule has 0 unspecified atom stereocenters. The van der Waals surface area contributed by atoms with Gasteiger partial charge in [0.2, 0.25) is 0 Å². The number of nitrogens with zero attached hydrogens (tertiary/aromatic N) is 2. The van der Waals surface area contributed by atoms with Crippen LogP contribution in [0, 0.1) is 0 Å². The van der Waals surface area contributed by atoms with E-state index in [9.17, 15) is 5.11 Å². The Labute approximate surface area is 151 Å². The Kier molecular flexibility index (Phi) is 4.47. The molecule has 1 fully saturated rings. The Morgan fingerprint density at radius 3 is 2.68 bits per heavy atom. The monoisotopic (exact) mass is 354 g/mol. The summed E-state index contributed by atoms with van der Waals surface area (Å²) in [5.74, 6) is 0.861. The Hall–Kier alpha value is -2.30. The fraction of sp³-hybridized carbons (Fsp3) is 0.250. The van der Waals surface area contributed by atoms with Crippen LogP contribution in [0.5, 0.6) is 5.75 Å². The maximum absolute atomic E-state index is 9.52. The fourth-order valence-electron chi connectivity index (χ4n) is 2.93. The SMILES string of the molecule is OCc1cc(-c2cccc(OC3CCC3)c2)n(-c2ccccc2Cl)n1. The lowest BCUT2D eigenvalue weighted by atomic mass is 9.96. The van der Waals surface area contributed by atoms with Gasteiger partial charge in [-0.05, 0) is 49.6 Å². The quantitative estimate of drug-likeness (QED) is 0.727. The van der Waals surface area contributed by atoms with E-state index in [1.165, 1.54) is 6.42 Å². The van der Waals surface area contributed by atoms with Gasteiger partial charge < -0.3 is 9.84 Å². The lowest BCUT2D eigenvalue weighted by molar-refractivity contribution is 0.120. The third-order valence-electron chi connectivity index (χ3n) is 4.49. The van der Waals surface area contributed by atoms with E-state index in [1.807, 2.05) is 54.6 Å². The van der Waals surface area contributed by atoms with Crippen LogP contribution in [-0.2, 0) is 6.61 Å². The number of benzene rings is 2. The molecule has 1 saturated carbocycles. The second-order valence-corrected chi connectivity index (χ2v) is 6.65. The van der Waals surface area contributed by atoms with Crippen LogP contribution in [0.25, 0.3) is 16.9 Å². The first kappa shape index (κ1) is 16.2. The molecule has 4 rings (SSSR count). The molecule has 1 aliphatic rings. The summed E-state index contributed by atoms with van der Waals surface area (Å²) in [5.41, 5.74) is 3.23. The summed E-state index contributed by atoms with van der Waals surface area (Å²) in [6, 6.07) is 17.4. The molecule has 3 aromatic rings. The molecule has 128 valence electrons. The molecule has 0 saturated heterocycles. The normalized spacial score (nSPS) is 14.3. The van der Waals surface area contributed by atoms with Crippen LogP contribution in [0.2, 0.25) is 5.02 Å². The van der Waals surface area contributed by atoms with Crippen LogP contribution in [-0.4, -0.2) is 21.0 Å². The largest absolute Gasteiger partial charge is 0.490 e. The van der Waals surface area contributed by atoms with E-state index in [0.29, 0.717) is 16.8 Å². The smallest absolute Gasteiger partial charge is 0.120 e. The molecule has 5 heteroatoms. The summed E-state index contributed by atoms with van der Waals surface area (Å²) in [5, 5.41) is 14.6. The second-order valence-electron chi connectivity index (χ2n) is 6.24. The lowest BCUT2D eigenvalue weighted by Gasteiger charge is -2.26. The number of para-hydroxylation sites is 1. The van der Waals surface area contributed by atoms with Crippen molar-refractivity contribution < 1.29 is 9.84 Å². The number of hydrogen-bond acceptors (Lipinski definition) is 3. The van der Waals surface area contributed by atoms with Crippen molar-refractivity contribution in [1.82, 2.24) is 9.78 Å². The van der Waals surface area contributed by atoms with E-state index in [4.69, 9.17) is 16.3 Å². The molecule has 25 heavy (non-hydrogen) atoms. The Morgan fingerprint density at radius 1 is 1.12 bits per heavy atom. The minimum Gasteiger partial charge on any atom is -0.490 e. The van der Waals surface area contributed by atoms with E-state index in [-0.39, 0.29) is 6.61 Å². The average molecular weight is 355 g/mol. The van der Waals surface area contributed by atoms with E-state index in [0.717, 1.165) is 35.5 Å².